The van der Waals surface area contributed by atoms with Crippen molar-refractivity contribution < 1.29 is 4.39 Å². The molecule has 3 rings (SSSR count). The molecule has 0 aliphatic carbocycles. The van der Waals surface area contributed by atoms with E-state index in [2.05, 4.69) is 64.0 Å². The van der Waals surface area contributed by atoms with Crippen LogP contribution in [0.15, 0.2) is 53.9 Å². The van der Waals surface area contributed by atoms with Crippen molar-refractivity contribution >= 4 is 28.3 Å². The van der Waals surface area contributed by atoms with Crippen LogP contribution in [0.1, 0.15) is 0 Å². The first kappa shape index (κ1) is 14.6. The van der Waals surface area contributed by atoms with Gasteiger partial charge in [-0.3, -0.25) is 4.90 Å². The molecule has 0 radical (unpaired) electrons. The lowest BCUT2D eigenvalue weighted by molar-refractivity contribution is 0.159. The molecule has 0 spiro atoms. The Labute approximate surface area is 137 Å². The van der Waals surface area contributed by atoms with Crippen LogP contribution >= 0.6 is 22.6 Å². The molecule has 21 heavy (non-hydrogen) atoms. The molecular formula is C16H17FIN3. The number of nitrogens with zero attached hydrogens (tertiary/aromatic N) is 2. The van der Waals surface area contributed by atoms with Gasteiger partial charge in [-0.15, -0.1) is 0 Å². The van der Waals surface area contributed by atoms with Crippen molar-refractivity contribution in [1.82, 2.24) is 9.80 Å². The van der Waals surface area contributed by atoms with E-state index in [1.54, 1.807) is 6.07 Å². The van der Waals surface area contributed by atoms with Gasteiger partial charge in [-0.1, -0.05) is 12.2 Å². The van der Waals surface area contributed by atoms with Gasteiger partial charge < -0.3 is 10.2 Å². The SMILES string of the molecule is CN1C=CC(Nc2ccc(I)cc2F)=C2C=CCN(C)C21. The molecular weight excluding hydrogens is 380 g/mol. The Morgan fingerprint density at radius 1 is 1.29 bits per heavy atom. The summed E-state index contributed by atoms with van der Waals surface area (Å²) in [6.45, 7) is 0.914. The lowest BCUT2D eigenvalue weighted by Crippen LogP contribution is -2.47. The Bertz CT molecular complexity index is 651. The minimum Gasteiger partial charge on any atom is -0.361 e. The van der Waals surface area contributed by atoms with Gasteiger partial charge in [-0.25, -0.2) is 4.39 Å². The highest BCUT2D eigenvalue weighted by Gasteiger charge is 2.28. The second-order valence-electron chi connectivity index (χ2n) is 5.32. The summed E-state index contributed by atoms with van der Waals surface area (Å²) >= 11 is 2.11. The summed E-state index contributed by atoms with van der Waals surface area (Å²) in [5, 5.41) is 3.23. The number of benzene rings is 1. The third-order valence-electron chi connectivity index (χ3n) is 3.76. The molecule has 0 amide bonds. The molecule has 0 saturated heterocycles. The second-order valence-corrected chi connectivity index (χ2v) is 6.56. The number of hydrogen-bond acceptors (Lipinski definition) is 3. The number of hydrogen-bond donors (Lipinski definition) is 1. The minimum atomic E-state index is -0.230. The van der Waals surface area contributed by atoms with Crippen LogP contribution in [0.2, 0.25) is 0 Å². The number of likely N-dealkylation sites (N-methyl/N-ethyl adjacent to an activating group) is 2. The lowest BCUT2D eigenvalue weighted by Gasteiger charge is -2.40. The Balaban J connectivity index is 1.97. The molecule has 1 aromatic carbocycles. The third kappa shape index (κ3) is 2.85. The molecule has 3 nitrogen and oxygen atoms in total. The van der Waals surface area contributed by atoms with Crippen LogP contribution in [0, 0.1) is 9.39 Å². The van der Waals surface area contributed by atoms with E-state index in [-0.39, 0.29) is 12.0 Å². The van der Waals surface area contributed by atoms with Crippen LogP contribution in [0.3, 0.4) is 0 Å². The minimum absolute atomic E-state index is 0.189. The smallest absolute Gasteiger partial charge is 0.147 e. The zero-order valence-electron chi connectivity index (χ0n) is 12.0. The first-order chi connectivity index (χ1) is 10.1. The molecule has 110 valence electrons. The maximum atomic E-state index is 14.0. The number of halogens is 2. The summed E-state index contributed by atoms with van der Waals surface area (Å²) in [5.74, 6) is -0.230. The van der Waals surface area contributed by atoms with Crippen molar-refractivity contribution in [1.29, 1.82) is 0 Å². The molecule has 1 unspecified atom stereocenters. The van der Waals surface area contributed by atoms with Gasteiger partial charge in [0, 0.05) is 34.6 Å². The van der Waals surface area contributed by atoms with Gasteiger partial charge in [0.25, 0.3) is 0 Å². The summed E-state index contributed by atoms with van der Waals surface area (Å²) < 4.78 is 14.9. The quantitative estimate of drug-likeness (QED) is 0.773. The maximum absolute atomic E-state index is 14.0. The first-order valence-electron chi connectivity index (χ1n) is 6.79. The van der Waals surface area contributed by atoms with Crippen LogP contribution in [-0.2, 0) is 0 Å². The van der Waals surface area contributed by atoms with Gasteiger partial charge >= 0.3 is 0 Å². The van der Waals surface area contributed by atoms with E-state index in [0.717, 1.165) is 21.4 Å². The predicted octanol–water partition coefficient (Wildman–Crippen LogP) is 3.38. The molecule has 0 fully saturated rings. The molecule has 1 aromatic rings. The van der Waals surface area contributed by atoms with E-state index in [4.69, 9.17) is 0 Å². The van der Waals surface area contributed by atoms with Gasteiger partial charge in [0.15, 0.2) is 0 Å². The Hall–Kier alpha value is -1.34. The summed E-state index contributed by atoms with van der Waals surface area (Å²) in [5.41, 5.74) is 2.61. The monoisotopic (exact) mass is 397 g/mol. The molecule has 2 aliphatic rings. The molecule has 0 aromatic heterocycles. The molecule has 0 bridgehead atoms. The summed E-state index contributed by atoms with van der Waals surface area (Å²) in [7, 11) is 4.14. The highest BCUT2D eigenvalue weighted by molar-refractivity contribution is 14.1. The van der Waals surface area contributed by atoms with Crippen molar-refractivity contribution in [3.05, 3.63) is 63.3 Å². The zero-order chi connectivity index (χ0) is 15.0. The average Bonchev–Trinajstić information content (AvgIpc) is 2.44. The number of allylic oxidation sites excluding steroid dienone is 1. The normalized spacial score (nSPS) is 21.7. The summed E-state index contributed by atoms with van der Waals surface area (Å²) in [4.78, 5) is 4.42. The van der Waals surface area contributed by atoms with Crippen LogP contribution < -0.4 is 5.32 Å². The van der Waals surface area contributed by atoms with Crippen molar-refractivity contribution in [3.8, 4) is 0 Å². The third-order valence-corrected chi connectivity index (χ3v) is 4.43. The highest BCUT2D eigenvalue weighted by atomic mass is 127. The first-order valence-corrected chi connectivity index (χ1v) is 7.87. The zero-order valence-corrected chi connectivity index (χ0v) is 14.1. The van der Waals surface area contributed by atoms with E-state index in [9.17, 15) is 4.39 Å². The van der Waals surface area contributed by atoms with Crippen LogP contribution in [0.25, 0.3) is 0 Å². The van der Waals surface area contributed by atoms with Crippen LogP contribution in [0.4, 0.5) is 10.1 Å². The fraction of sp³-hybridized carbons (Fsp3) is 0.250. The van der Waals surface area contributed by atoms with E-state index in [1.165, 1.54) is 6.07 Å². The number of anilines is 1. The summed E-state index contributed by atoms with van der Waals surface area (Å²) in [6, 6.07) is 5.21. The largest absolute Gasteiger partial charge is 0.361 e. The van der Waals surface area contributed by atoms with Crippen molar-refractivity contribution in [2.75, 3.05) is 26.0 Å². The van der Waals surface area contributed by atoms with E-state index < -0.39 is 0 Å². The standard InChI is InChI=1S/C16H17FIN3/c1-20-8-3-4-12-14(7-9-21(2)16(12)20)19-15-6-5-11(18)10-13(15)17/h3-7,9-10,16,19H,8H2,1-2H3. The fourth-order valence-corrected chi connectivity index (χ4v) is 3.20. The number of fused-ring (bicyclic) bond motifs is 1. The number of rotatable bonds is 2. The molecule has 2 heterocycles. The fourth-order valence-electron chi connectivity index (χ4n) is 2.75. The highest BCUT2D eigenvalue weighted by Crippen LogP contribution is 2.28. The average molecular weight is 397 g/mol. The van der Waals surface area contributed by atoms with Crippen molar-refractivity contribution in [2.45, 2.75) is 6.17 Å². The molecule has 1 N–H and O–H groups in total. The van der Waals surface area contributed by atoms with Crippen molar-refractivity contribution in [3.63, 3.8) is 0 Å². The maximum Gasteiger partial charge on any atom is 0.147 e. The van der Waals surface area contributed by atoms with Crippen molar-refractivity contribution in [2.24, 2.45) is 0 Å². The number of nitrogens with one attached hydrogen (secondary N) is 1. The van der Waals surface area contributed by atoms with Gasteiger partial charge in [-0.05, 0) is 53.9 Å². The molecule has 5 heteroatoms. The van der Waals surface area contributed by atoms with Gasteiger partial charge in [0.1, 0.15) is 12.0 Å². The van der Waals surface area contributed by atoms with E-state index >= 15 is 0 Å². The van der Waals surface area contributed by atoms with Gasteiger partial charge in [0.2, 0.25) is 0 Å². The lowest BCUT2D eigenvalue weighted by atomic mass is 10.0. The Morgan fingerprint density at radius 3 is 2.86 bits per heavy atom. The Morgan fingerprint density at radius 2 is 2.10 bits per heavy atom. The van der Waals surface area contributed by atoms with Crippen LogP contribution in [-0.4, -0.2) is 36.6 Å². The van der Waals surface area contributed by atoms with Gasteiger partial charge in [0.05, 0.1) is 5.69 Å². The Kier molecular flexibility index (Phi) is 4.03. The molecule has 2 aliphatic heterocycles. The van der Waals surface area contributed by atoms with Crippen LogP contribution in [0.5, 0.6) is 0 Å². The van der Waals surface area contributed by atoms with Gasteiger partial charge in [-0.2, -0.15) is 0 Å². The van der Waals surface area contributed by atoms with E-state index in [1.807, 2.05) is 18.3 Å². The molecule has 1 atom stereocenters. The topological polar surface area (TPSA) is 18.5 Å². The molecule has 0 saturated carbocycles. The second kappa shape index (κ2) is 5.81. The predicted molar refractivity (Wildman–Crippen MR) is 92.2 cm³/mol. The van der Waals surface area contributed by atoms with E-state index in [0.29, 0.717) is 5.69 Å². The summed E-state index contributed by atoms with van der Waals surface area (Å²) in [6.07, 6.45) is 8.46.